The molecule has 0 unspecified atom stereocenters. The lowest BCUT2D eigenvalue weighted by molar-refractivity contribution is 0.181. The van der Waals surface area contributed by atoms with E-state index in [-0.39, 0.29) is 5.54 Å². The summed E-state index contributed by atoms with van der Waals surface area (Å²) < 4.78 is 5.34. The second kappa shape index (κ2) is 4.29. The van der Waals surface area contributed by atoms with E-state index < -0.39 is 0 Å². The first kappa shape index (κ1) is 11.0. The Kier molecular flexibility index (Phi) is 2.78. The third-order valence-corrected chi connectivity index (χ3v) is 3.98. The third-order valence-electron chi connectivity index (χ3n) is 3.98. The van der Waals surface area contributed by atoms with Gasteiger partial charge in [0, 0.05) is 13.1 Å². The summed E-state index contributed by atoms with van der Waals surface area (Å²) in [4.78, 5) is 6.72. The molecule has 0 aromatic carbocycles. The Bertz CT molecular complexity index is 378. The topological polar surface area (TPSA) is 68.2 Å². The molecule has 0 radical (unpaired) electrons. The fourth-order valence-electron chi connectivity index (χ4n) is 2.59. The first-order valence-corrected chi connectivity index (χ1v) is 6.66. The molecule has 1 saturated carbocycles. The summed E-state index contributed by atoms with van der Waals surface area (Å²) in [6.07, 6.45) is 8.15. The molecule has 94 valence electrons. The van der Waals surface area contributed by atoms with Crippen LogP contribution < -0.4 is 10.6 Å². The molecule has 2 heterocycles. The van der Waals surface area contributed by atoms with E-state index >= 15 is 0 Å². The zero-order chi connectivity index (χ0) is 11.7. The zero-order valence-electron chi connectivity index (χ0n) is 10.2. The summed E-state index contributed by atoms with van der Waals surface area (Å²) in [5.74, 6) is 1.36. The Labute approximate surface area is 101 Å². The van der Waals surface area contributed by atoms with Crippen LogP contribution in [0.2, 0.25) is 0 Å². The predicted molar refractivity (Wildman–Crippen MR) is 64.7 cm³/mol. The SMILES string of the molecule is NC1(c2nc(N3CCCCCC3)no2)CCC1. The van der Waals surface area contributed by atoms with Gasteiger partial charge in [-0.05, 0) is 37.3 Å². The van der Waals surface area contributed by atoms with Crippen molar-refractivity contribution in [3.63, 3.8) is 0 Å². The Balaban J connectivity index is 1.74. The second-order valence-corrected chi connectivity index (χ2v) is 5.31. The third kappa shape index (κ3) is 2.04. The highest BCUT2D eigenvalue weighted by Crippen LogP contribution is 2.38. The first-order valence-electron chi connectivity index (χ1n) is 6.66. The monoisotopic (exact) mass is 236 g/mol. The maximum absolute atomic E-state index is 6.18. The van der Waals surface area contributed by atoms with E-state index in [4.69, 9.17) is 10.3 Å². The van der Waals surface area contributed by atoms with Gasteiger partial charge in [0.15, 0.2) is 0 Å². The van der Waals surface area contributed by atoms with Crippen molar-refractivity contribution in [1.29, 1.82) is 0 Å². The van der Waals surface area contributed by atoms with Crippen LogP contribution in [0, 0.1) is 0 Å². The van der Waals surface area contributed by atoms with Crippen molar-refractivity contribution in [2.75, 3.05) is 18.0 Å². The van der Waals surface area contributed by atoms with Crippen molar-refractivity contribution in [2.45, 2.75) is 50.5 Å². The van der Waals surface area contributed by atoms with Gasteiger partial charge in [-0.25, -0.2) is 0 Å². The van der Waals surface area contributed by atoms with Gasteiger partial charge >= 0.3 is 0 Å². The molecule has 1 saturated heterocycles. The van der Waals surface area contributed by atoms with Crippen molar-refractivity contribution < 1.29 is 4.52 Å². The number of aromatic nitrogens is 2. The lowest BCUT2D eigenvalue weighted by atomic mass is 9.78. The van der Waals surface area contributed by atoms with Crippen molar-refractivity contribution in [2.24, 2.45) is 5.73 Å². The molecule has 1 aliphatic carbocycles. The second-order valence-electron chi connectivity index (χ2n) is 5.31. The molecule has 1 aromatic rings. The fraction of sp³-hybridized carbons (Fsp3) is 0.833. The van der Waals surface area contributed by atoms with Gasteiger partial charge < -0.3 is 15.2 Å². The van der Waals surface area contributed by atoms with E-state index in [2.05, 4.69) is 15.0 Å². The van der Waals surface area contributed by atoms with Gasteiger partial charge in [-0.3, -0.25) is 0 Å². The number of rotatable bonds is 2. The average Bonchev–Trinajstić information content (AvgIpc) is 2.62. The number of anilines is 1. The lowest BCUT2D eigenvalue weighted by Crippen LogP contribution is -2.43. The molecule has 5 heteroatoms. The van der Waals surface area contributed by atoms with Crippen molar-refractivity contribution in [3.05, 3.63) is 5.89 Å². The largest absolute Gasteiger partial charge is 0.338 e. The molecule has 5 nitrogen and oxygen atoms in total. The number of nitrogens with zero attached hydrogens (tertiary/aromatic N) is 3. The van der Waals surface area contributed by atoms with Gasteiger partial charge in [-0.1, -0.05) is 12.8 Å². The highest BCUT2D eigenvalue weighted by Gasteiger charge is 2.40. The van der Waals surface area contributed by atoms with Gasteiger partial charge in [0.25, 0.3) is 5.95 Å². The van der Waals surface area contributed by atoms with E-state index in [1.807, 2.05) is 0 Å². The van der Waals surface area contributed by atoms with Crippen LogP contribution in [0.15, 0.2) is 4.52 Å². The van der Waals surface area contributed by atoms with Crippen LogP contribution in [0.5, 0.6) is 0 Å². The quantitative estimate of drug-likeness (QED) is 0.847. The number of hydrogen-bond acceptors (Lipinski definition) is 5. The van der Waals surface area contributed by atoms with Gasteiger partial charge in [-0.2, -0.15) is 4.98 Å². The maximum atomic E-state index is 6.18. The molecule has 1 aromatic heterocycles. The van der Waals surface area contributed by atoms with Crippen LogP contribution >= 0.6 is 0 Å². The molecule has 2 aliphatic rings. The maximum Gasteiger partial charge on any atom is 0.266 e. The minimum atomic E-state index is -0.336. The van der Waals surface area contributed by atoms with Crippen LogP contribution in [-0.4, -0.2) is 23.2 Å². The summed E-state index contributed by atoms with van der Waals surface area (Å²) in [6.45, 7) is 2.08. The molecule has 3 rings (SSSR count). The van der Waals surface area contributed by atoms with Crippen molar-refractivity contribution in [1.82, 2.24) is 10.1 Å². The standard InChI is InChI=1S/C12H20N4O/c13-12(6-5-7-12)10-14-11(15-17-10)16-8-3-1-2-4-9-16/h1-9,13H2. The summed E-state index contributed by atoms with van der Waals surface area (Å²) in [5.41, 5.74) is 5.85. The Morgan fingerprint density at radius 2 is 1.76 bits per heavy atom. The van der Waals surface area contributed by atoms with E-state index in [1.165, 1.54) is 25.7 Å². The van der Waals surface area contributed by atoms with Crippen molar-refractivity contribution >= 4 is 5.95 Å². The summed E-state index contributed by atoms with van der Waals surface area (Å²) in [7, 11) is 0. The molecule has 0 amide bonds. The number of nitrogens with two attached hydrogens (primary N) is 1. The molecular weight excluding hydrogens is 216 g/mol. The van der Waals surface area contributed by atoms with Gasteiger partial charge in [0.05, 0.1) is 5.54 Å². The summed E-state index contributed by atoms with van der Waals surface area (Å²) >= 11 is 0. The van der Waals surface area contributed by atoms with Gasteiger partial charge in [0.1, 0.15) is 0 Å². The lowest BCUT2D eigenvalue weighted by Gasteiger charge is -2.33. The van der Waals surface area contributed by atoms with Gasteiger partial charge in [-0.15, -0.1) is 0 Å². The molecule has 0 spiro atoms. The highest BCUT2D eigenvalue weighted by molar-refractivity contribution is 5.29. The molecule has 0 atom stereocenters. The fourth-order valence-corrected chi connectivity index (χ4v) is 2.59. The van der Waals surface area contributed by atoms with E-state index in [0.29, 0.717) is 5.89 Å². The van der Waals surface area contributed by atoms with E-state index in [1.54, 1.807) is 0 Å². The molecule has 2 fully saturated rings. The zero-order valence-corrected chi connectivity index (χ0v) is 10.2. The smallest absolute Gasteiger partial charge is 0.266 e. The molecular formula is C12H20N4O. The molecule has 2 N–H and O–H groups in total. The molecule has 0 bridgehead atoms. The van der Waals surface area contributed by atoms with Crippen molar-refractivity contribution in [3.8, 4) is 0 Å². The van der Waals surface area contributed by atoms with E-state index in [0.717, 1.165) is 38.3 Å². The average molecular weight is 236 g/mol. The minimum absolute atomic E-state index is 0.336. The highest BCUT2D eigenvalue weighted by atomic mass is 16.5. The Morgan fingerprint density at radius 3 is 2.35 bits per heavy atom. The Hall–Kier alpha value is -1.10. The summed E-state index contributed by atoms with van der Waals surface area (Å²) in [5, 5.41) is 4.09. The van der Waals surface area contributed by atoms with E-state index in [9.17, 15) is 0 Å². The molecule has 1 aliphatic heterocycles. The predicted octanol–water partition coefficient (Wildman–Crippen LogP) is 1.79. The Morgan fingerprint density at radius 1 is 1.06 bits per heavy atom. The first-order chi connectivity index (χ1) is 8.28. The van der Waals surface area contributed by atoms with Crippen LogP contribution in [-0.2, 0) is 5.54 Å². The summed E-state index contributed by atoms with van der Waals surface area (Å²) in [6, 6.07) is 0. The van der Waals surface area contributed by atoms with Crippen LogP contribution in [0.1, 0.15) is 50.8 Å². The van der Waals surface area contributed by atoms with Gasteiger partial charge in [0.2, 0.25) is 5.89 Å². The normalized spacial score (nSPS) is 24.2. The minimum Gasteiger partial charge on any atom is -0.338 e. The number of hydrogen-bond donors (Lipinski definition) is 1. The molecule has 17 heavy (non-hydrogen) atoms. The van der Waals surface area contributed by atoms with Crippen LogP contribution in [0.25, 0.3) is 0 Å². The van der Waals surface area contributed by atoms with Crippen LogP contribution in [0.4, 0.5) is 5.95 Å². The van der Waals surface area contributed by atoms with Crippen LogP contribution in [0.3, 0.4) is 0 Å².